The molecule has 3 N–H and O–H groups in total. The fourth-order valence-corrected chi connectivity index (χ4v) is 3.71. The number of rotatable bonds is 3. The summed E-state index contributed by atoms with van der Waals surface area (Å²) in [6.07, 6.45) is -4.53. The molecule has 2 rings (SSSR count). The second-order valence-electron chi connectivity index (χ2n) is 5.90. The van der Waals surface area contributed by atoms with E-state index in [4.69, 9.17) is 5.73 Å². The predicted molar refractivity (Wildman–Crippen MR) is 83.9 cm³/mol. The molecular formula is C13H17F4N5O2S. The minimum absolute atomic E-state index is 0.257. The van der Waals surface area contributed by atoms with Crippen LogP contribution >= 0.6 is 0 Å². The van der Waals surface area contributed by atoms with Gasteiger partial charge in [0.05, 0.1) is 0 Å². The third-order valence-electron chi connectivity index (χ3n) is 3.78. The molecule has 0 fully saturated rings. The highest BCUT2D eigenvalue weighted by Gasteiger charge is 2.43. The molecule has 12 heteroatoms. The Balaban J connectivity index is 2.47. The normalized spacial score (nSPS) is 24.6. The van der Waals surface area contributed by atoms with Gasteiger partial charge in [0.15, 0.2) is 0 Å². The molecule has 0 aliphatic carbocycles. The third kappa shape index (κ3) is 3.78. The van der Waals surface area contributed by atoms with Gasteiger partial charge in [-0.15, -0.1) is 0 Å². The number of aliphatic imine (C=N–C) groups is 1. The molecule has 0 aromatic carbocycles. The molecule has 7 nitrogen and oxygen atoms in total. The van der Waals surface area contributed by atoms with Gasteiger partial charge in [-0.05, 0) is 26.0 Å². The first kappa shape index (κ1) is 19.2. The van der Waals surface area contributed by atoms with Gasteiger partial charge in [-0.1, -0.05) is 0 Å². The van der Waals surface area contributed by atoms with Gasteiger partial charge in [-0.25, -0.2) is 27.1 Å². The first-order valence-corrected chi connectivity index (χ1v) is 8.69. The number of hydrogen-bond donors (Lipinski definition) is 2. The lowest BCUT2D eigenvalue weighted by molar-refractivity contribution is -0.138. The minimum atomic E-state index is -4.53. The molecule has 0 amide bonds. The lowest BCUT2D eigenvalue weighted by atomic mass is 10.00. The molecule has 0 radical (unpaired) electrons. The third-order valence-corrected chi connectivity index (χ3v) is 5.72. The van der Waals surface area contributed by atoms with Crippen LogP contribution in [0.2, 0.25) is 0 Å². The number of sulfonamides is 1. The average molecular weight is 383 g/mol. The fraction of sp³-hybridized carbons (Fsp3) is 0.538. The van der Waals surface area contributed by atoms with Crippen molar-refractivity contribution >= 4 is 21.8 Å². The van der Waals surface area contributed by atoms with Crippen LogP contribution in [-0.2, 0) is 15.6 Å². The van der Waals surface area contributed by atoms with Crippen LogP contribution in [0, 0.1) is 5.82 Å². The van der Waals surface area contributed by atoms with Gasteiger partial charge in [0.2, 0.25) is 16.0 Å². The number of hydrogen-bond acceptors (Lipinski definition) is 6. The van der Waals surface area contributed by atoms with Crippen molar-refractivity contribution in [3.63, 3.8) is 0 Å². The van der Waals surface area contributed by atoms with Gasteiger partial charge in [0.1, 0.15) is 34.7 Å². The Hall–Kier alpha value is -2.11. The van der Waals surface area contributed by atoms with Crippen LogP contribution in [0.4, 0.5) is 23.4 Å². The summed E-state index contributed by atoms with van der Waals surface area (Å²) < 4.78 is 77.2. The van der Waals surface area contributed by atoms with E-state index in [1.165, 1.54) is 14.0 Å². The quantitative estimate of drug-likeness (QED) is 0.769. The maximum absolute atomic E-state index is 14.2. The maximum Gasteiger partial charge on any atom is 0.408 e. The standard InChI is InChI=1S/C13H17F4N5O2S/c1-7(13(15,16)17)19-9-5-4-8(14)10(20-9)12(2)6-25(23,24)22(3)11(18)21-12/h4-5,7H,6H2,1-3H3,(H2,18,21)(H,19,20)/t7?,12-/m0/s1. The molecule has 2 atom stereocenters. The second kappa shape index (κ2) is 6.00. The van der Waals surface area contributed by atoms with Gasteiger partial charge >= 0.3 is 6.18 Å². The van der Waals surface area contributed by atoms with Crippen molar-refractivity contribution in [2.24, 2.45) is 10.7 Å². The monoisotopic (exact) mass is 383 g/mol. The van der Waals surface area contributed by atoms with E-state index < -0.39 is 45.0 Å². The molecule has 1 aliphatic rings. The Morgan fingerprint density at radius 1 is 1.40 bits per heavy atom. The summed E-state index contributed by atoms with van der Waals surface area (Å²) in [6, 6.07) is -0.00251. The number of nitrogens with zero attached hydrogens (tertiary/aromatic N) is 3. The van der Waals surface area contributed by atoms with Crippen LogP contribution < -0.4 is 11.1 Å². The van der Waals surface area contributed by atoms with Crippen LogP contribution in [0.15, 0.2) is 17.1 Å². The van der Waals surface area contributed by atoms with E-state index in [0.29, 0.717) is 0 Å². The molecule has 0 saturated carbocycles. The topological polar surface area (TPSA) is 101 Å². The molecule has 140 valence electrons. The summed E-state index contributed by atoms with van der Waals surface area (Å²) in [6.45, 7) is 2.18. The number of alkyl halides is 3. The largest absolute Gasteiger partial charge is 0.408 e. The van der Waals surface area contributed by atoms with E-state index >= 15 is 0 Å². The van der Waals surface area contributed by atoms with E-state index in [0.717, 1.165) is 23.4 Å². The van der Waals surface area contributed by atoms with Gasteiger partial charge in [0.25, 0.3) is 0 Å². The summed E-state index contributed by atoms with van der Waals surface area (Å²) in [7, 11) is -2.68. The van der Waals surface area contributed by atoms with Crippen LogP contribution in [0.3, 0.4) is 0 Å². The summed E-state index contributed by atoms with van der Waals surface area (Å²) in [5.41, 5.74) is 3.50. The molecule has 0 spiro atoms. The number of anilines is 1. The van der Waals surface area contributed by atoms with Crippen molar-refractivity contribution in [2.45, 2.75) is 31.6 Å². The highest BCUT2D eigenvalue weighted by molar-refractivity contribution is 7.89. The molecule has 1 unspecified atom stereocenters. The second-order valence-corrected chi connectivity index (χ2v) is 7.90. The van der Waals surface area contributed by atoms with Crippen LogP contribution in [0.5, 0.6) is 0 Å². The molecule has 2 heterocycles. The summed E-state index contributed by atoms with van der Waals surface area (Å²) in [5, 5.41) is 2.10. The maximum atomic E-state index is 14.2. The van der Waals surface area contributed by atoms with Gasteiger partial charge in [-0.2, -0.15) is 13.2 Å². The lowest BCUT2D eigenvalue weighted by Crippen LogP contribution is -2.50. The number of halogens is 4. The molecule has 1 aromatic rings. The highest BCUT2D eigenvalue weighted by atomic mass is 32.2. The molecule has 25 heavy (non-hydrogen) atoms. The van der Waals surface area contributed by atoms with Crippen molar-refractivity contribution in [3.05, 3.63) is 23.6 Å². The van der Waals surface area contributed by atoms with Gasteiger partial charge < -0.3 is 11.1 Å². The van der Waals surface area contributed by atoms with E-state index in [9.17, 15) is 26.0 Å². The minimum Gasteiger partial charge on any atom is -0.369 e. The molecule has 0 saturated heterocycles. The Kier molecular flexibility index (Phi) is 4.61. The van der Waals surface area contributed by atoms with Crippen LogP contribution in [0.25, 0.3) is 0 Å². The summed E-state index contributed by atoms with van der Waals surface area (Å²) in [4.78, 5) is 7.79. The van der Waals surface area contributed by atoms with Crippen molar-refractivity contribution in [1.29, 1.82) is 0 Å². The Bertz CT molecular complexity index is 811. The van der Waals surface area contributed by atoms with Crippen molar-refractivity contribution in [3.8, 4) is 0 Å². The SMILES string of the molecule is CC(Nc1ccc(F)c([C@]2(C)CS(=O)(=O)N(C)C(N)=N2)n1)C(F)(F)F. The Morgan fingerprint density at radius 2 is 2.00 bits per heavy atom. The number of pyridine rings is 1. The van der Waals surface area contributed by atoms with Crippen molar-refractivity contribution in [2.75, 3.05) is 18.1 Å². The molecule has 0 bridgehead atoms. The zero-order valence-corrected chi connectivity index (χ0v) is 14.4. The first-order chi connectivity index (χ1) is 11.3. The van der Waals surface area contributed by atoms with E-state index in [2.05, 4.69) is 15.3 Å². The van der Waals surface area contributed by atoms with Gasteiger partial charge in [-0.3, -0.25) is 0 Å². The Morgan fingerprint density at radius 3 is 2.52 bits per heavy atom. The Labute approximate surface area is 142 Å². The van der Waals surface area contributed by atoms with Crippen molar-refractivity contribution < 1.29 is 26.0 Å². The lowest BCUT2D eigenvalue weighted by Gasteiger charge is -2.34. The predicted octanol–water partition coefficient (Wildman–Crippen LogP) is 1.39. The van der Waals surface area contributed by atoms with Crippen LogP contribution in [0.1, 0.15) is 19.5 Å². The zero-order chi connectivity index (χ0) is 19.2. The highest BCUT2D eigenvalue weighted by Crippen LogP contribution is 2.33. The molecule has 1 aromatic heterocycles. The van der Waals surface area contributed by atoms with Crippen molar-refractivity contribution in [1.82, 2.24) is 9.29 Å². The number of guanidine groups is 1. The zero-order valence-electron chi connectivity index (χ0n) is 13.6. The molecule has 1 aliphatic heterocycles. The van der Waals surface area contributed by atoms with Gasteiger partial charge in [0, 0.05) is 7.05 Å². The number of nitrogens with two attached hydrogens (primary N) is 1. The first-order valence-electron chi connectivity index (χ1n) is 7.08. The fourth-order valence-electron chi connectivity index (χ4n) is 2.28. The smallest absolute Gasteiger partial charge is 0.369 e. The van der Waals surface area contributed by atoms with E-state index in [1.54, 1.807) is 0 Å². The summed E-state index contributed by atoms with van der Waals surface area (Å²) in [5.74, 6) is -2.15. The number of aromatic nitrogens is 1. The average Bonchev–Trinajstić information content (AvgIpc) is 2.45. The summed E-state index contributed by atoms with van der Waals surface area (Å²) >= 11 is 0. The van der Waals surface area contributed by atoms with E-state index in [-0.39, 0.29) is 11.8 Å². The van der Waals surface area contributed by atoms with E-state index in [1.807, 2.05) is 0 Å². The number of nitrogens with one attached hydrogen (secondary N) is 1. The molecular weight excluding hydrogens is 366 g/mol. The van der Waals surface area contributed by atoms with Crippen LogP contribution in [-0.4, -0.2) is 48.7 Å².